The normalized spacial score (nSPS) is 15.0. The smallest absolute Gasteiger partial charge is 0.386 e. The van der Waals surface area contributed by atoms with Gasteiger partial charge < -0.3 is 15.4 Å². The summed E-state index contributed by atoms with van der Waals surface area (Å²) in [6.45, 7) is 2.50. The third kappa shape index (κ3) is 4.45. The second kappa shape index (κ2) is 8.47. The van der Waals surface area contributed by atoms with Gasteiger partial charge in [0.2, 0.25) is 0 Å². The maximum atomic E-state index is 14.8. The second-order valence-corrected chi connectivity index (χ2v) is 8.03. The lowest BCUT2D eigenvalue weighted by Crippen LogP contribution is -2.32. The van der Waals surface area contributed by atoms with Gasteiger partial charge in [0.15, 0.2) is 0 Å². The Morgan fingerprint density at radius 3 is 2.65 bits per heavy atom. The van der Waals surface area contributed by atoms with Crippen LogP contribution in [-0.4, -0.2) is 45.0 Å². The van der Waals surface area contributed by atoms with Crippen LogP contribution in [0.3, 0.4) is 0 Å². The number of benzene rings is 2. The largest absolute Gasteiger partial charge is 0.491 e. The molecule has 0 saturated carbocycles. The van der Waals surface area contributed by atoms with Crippen molar-refractivity contribution in [1.82, 2.24) is 19.3 Å². The first kappa shape index (κ1) is 23.3. The van der Waals surface area contributed by atoms with Crippen molar-refractivity contribution in [3.05, 3.63) is 65.4 Å². The molecule has 1 aliphatic rings. The fraction of sp³-hybridized carbons (Fsp3) is 0.261. The van der Waals surface area contributed by atoms with Crippen molar-refractivity contribution in [3.63, 3.8) is 0 Å². The first-order valence-corrected chi connectivity index (χ1v) is 10.2. The van der Waals surface area contributed by atoms with Gasteiger partial charge in [0.1, 0.15) is 29.5 Å². The SMILES string of the molecule is CC(F)(F)F.Cc1ccc2c(c1)OCC2N(C)C(=O)c1cc2c(cc1F)nc(N)c1cncn12. The molecule has 2 aromatic heterocycles. The number of halogens is 4. The number of imidazole rings is 1. The lowest BCUT2D eigenvalue weighted by molar-refractivity contribution is -0.110. The summed E-state index contributed by atoms with van der Waals surface area (Å²) in [4.78, 5) is 23.0. The van der Waals surface area contributed by atoms with Gasteiger partial charge in [0.25, 0.3) is 5.91 Å². The minimum atomic E-state index is -4.00. The van der Waals surface area contributed by atoms with Crippen LogP contribution >= 0.6 is 0 Å². The predicted molar refractivity (Wildman–Crippen MR) is 118 cm³/mol. The van der Waals surface area contributed by atoms with Crippen molar-refractivity contribution in [2.45, 2.75) is 26.1 Å². The Kier molecular flexibility index (Phi) is 5.80. The Morgan fingerprint density at radius 2 is 1.94 bits per heavy atom. The number of anilines is 1. The molecule has 11 heteroatoms. The van der Waals surface area contributed by atoms with E-state index in [0.717, 1.165) is 16.9 Å². The van der Waals surface area contributed by atoms with Crippen LogP contribution in [0.4, 0.5) is 23.4 Å². The summed E-state index contributed by atoms with van der Waals surface area (Å²) in [5, 5.41) is 0. The van der Waals surface area contributed by atoms with Crippen LogP contribution in [-0.2, 0) is 0 Å². The maximum Gasteiger partial charge on any atom is 0.386 e. The first-order valence-electron chi connectivity index (χ1n) is 10.2. The van der Waals surface area contributed by atoms with Crippen LogP contribution in [0.1, 0.15) is 34.5 Å². The molecular formula is C23H21F4N5O2. The number of likely N-dealkylation sites (N-methyl/N-ethyl adjacent to an activating group) is 1. The maximum absolute atomic E-state index is 14.8. The van der Waals surface area contributed by atoms with Crippen LogP contribution < -0.4 is 10.5 Å². The highest BCUT2D eigenvalue weighted by molar-refractivity contribution is 5.98. The summed E-state index contributed by atoms with van der Waals surface area (Å²) in [6.07, 6.45) is -0.859. The molecule has 0 fully saturated rings. The summed E-state index contributed by atoms with van der Waals surface area (Å²) in [5.41, 5.74) is 9.39. The molecule has 3 heterocycles. The van der Waals surface area contributed by atoms with Crippen molar-refractivity contribution in [2.75, 3.05) is 19.4 Å². The highest BCUT2D eigenvalue weighted by atomic mass is 19.4. The third-order valence-electron chi connectivity index (χ3n) is 5.41. The number of nitrogens with two attached hydrogens (primary N) is 1. The average Bonchev–Trinajstić information content (AvgIpc) is 3.38. The fourth-order valence-corrected chi connectivity index (χ4v) is 3.81. The minimum Gasteiger partial charge on any atom is -0.491 e. The zero-order valence-corrected chi connectivity index (χ0v) is 18.5. The van der Waals surface area contributed by atoms with E-state index >= 15 is 0 Å². The van der Waals surface area contributed by atoms with E-state index in [9.17, 15) is 22.4 Å². The summed E-state index contributed by atoms with van der Waals surface area (Å²) in [7, 11) is 1.66. The zero-order chi connectivity index (χ0) is 24.8. The van der Waals surface area contributed by atoms with Gasteiger partial charge in [-0.1, -0.05) is 12.1 Å². The quantitative estimate of drug-likeness (QED) is 0.426. The van der Waals surface area contributed by atoms with Crippen molar-refractivity contribution >= 4 is 28.3 Å². The number of nitrogens with zero attached hydrogens (tertiary/aromatic N) is 4. The lowest BCUT2D eigenvalue weighted by Gasteiger charge is -2.24. The van der Waals surface area contributed by atoms with Gasteiger partial charge in [0.05, 0.1) is 35.2 Å². The molecule has 0 radical (unpaired) electrons. The topological polar surface area (TPSA) is 85.8 Å². The molecule has 2 N–H and O–H groups in total. The van der Waals surface area contributed by atoms with Gasteiger partial charge in [-0.25, -0.2) is 14.4 Å². The van der Waals surface area contributed by atoms with Crippen molar-refractivity contribution in [3.8, 4) is 5.75 Å². The van der Waals surface area contributed by atoms with E-state index in [1.165, 1.54) is 17.0 Å². The summed E-state index contributed by atoms with van der Waals surface area (Å²) >= 11 is 0. The number of hydrogen-bond acceptors (Lipinski definition) is 5. The van der Waals surface area contributed by atoms with E-state index in [-0.39, 0.29) is 24.3 Å². The number of amides is 1. The lowest BCUT2D eigenvalue weighted by atomic mass is 10.0. The Bertz CT molecular complexity index is 1390. The number of rotatable bonds is 2. The molecule has 1 aliphatic heterocycles. The average molecular weight is 475 g/mol. The number of aromatic nitrogens is 3. The molecule has 1 amide bonds. The van der Waals surface area contributed by atoms with E-state index in [4.69, 9.17) is 10.5 Å². The van der Waals surface area contributed by atoms with Gasteiger partial charge in [-0.2, -0.15) is 13.2 Å². The van der Waals surface area contributed by atoms with Crippen molar-refractivity contribution < 1.29 is 27.1 Å². The molecule has 0 saturated heterocycles. The molecule has 4 aromatic rings. The predicted octanol–water partition coefficient (Wildman–Crippen LogP) is 4.69. The van der Waals surface area contributed by atoms with Gasteiger partial charge in [-0.05, 0) is 24.6 Å². The highest BCUT2D eigenvalue weighted by Gasteiger charge is 2.32. The van der Waals surface area contributed by atoms with Gasteiger partial charge in [0, 0.05) is 25.6 Å². The number of hydrogen-bond donors (Lipinski definition) is 1. The van der Waals surface area contributed by atoms with Crippen LogP contribution in [0.5, 0.6) is 5.75 Å². The van der Waals surface area contributed by atoms with Crippen LogP contribution in [0.15, 0.2) is 42.9 Å². The van der Waals surface area contributed by atoms with Crippen molar-refractivity contribution in [2.24, 2.45) is 0 Å². The number of fused-ring (bicyclic) bond motifs is 4. The van der Waals surface area contributed by atoms with Crippen molar-refractivity contribution in [1.29, 1.82) is 0 Å². The van der Waals surface area contributed by atoms with Gasteiger partial charge in [-0.15, -0.1) is 0 Å². The van der Waals surface area contributed by atoms with Gasteiger partial charge in [-0.3, -0.25) is 9.20 Å². The Morgan fingerprint density at radius 1 is 1.24 bits per heavy atom. The second-order valence-electron chi connectivity index (χ2n) is 8.03. The first-order chi connectivity index (χ1) is 15.9. The molecule has 34 heavy (non-hydrogen) atoms. The standard InChI is InChI=1S/C21H18FN5O2.C2H3F3/c1-11-3-4-12-18(9-29-19(12)5-11)26(2)21(28)13-6-16-15(7-14(13)22)25-20(23)17-8-24-10-27(16)17;1-2(3,4)5/h3-8,10,18H,9H2,1-2H3,(H2,23,25);1H3. The molecule has 2 aromatic carbocycles. The molecule has 1 unspecified atom stereocenters. The summed E-state index contributed by atoms with van der Waals surface area (Å²) in [5.74, 6) is -0.0747. The van der Waals surface area contributed by atoms with Crippen LogP contribution in [0, 0.1) is 12.7 Å². The molecule has 178 valence electrons. The fourth-order valence-electron chi connectivity index (χ4n) is 3.81. The van der Waals surface area contributed by atoms with E-state index < -0.39 is 17.9 Å². The Balaban J connectivity index is 0.000000499. The Labute approximate surface area is 191 Å². The number of alkyl halides is 3. The van der Waals surface area contributed by atoms with E-state index in [1.807, 2.05) is 25.1 Å². The Hall–Kier alpha value is -3.89. The molecule has 5 rings (SSSR count). The third-order valence-corrected chi connectivity index (χ3v) is 5.41. The summed E-state index contributed by atoms with van der Waals surface area (Å²) in [6, 6.07) is 8.30. The number of aryl methyl sites for hydroxylation is 1. The zero-order valence-electron chi connectivity index (χ0n) is 18.5. The molecule has 0 bridgehead atoms. The summed E-state index contributed by atoms with van der Waals surface area (Å²) < 4.78 is 53.3. The molecule has 1 atom stereocenters. The number of ether oxygens (including phenoxy) is 1. The van der Waals surface area contributed by atoms with Crippen LogP contribution in [0.2, 0.25) is 0 Å². The van der Waals surface area contributed by atoms with Crippen LogP contribution in [0.25, 0.3) is 16.6 Å². The van der Waals surface area contributed by atoms with Gasteiger partial charge >= 0.3 is 6.18 Å². The molecular weight excluding hydrogens is 454 g/mol. The van der Waals surface area contributed by atoms with E-state index in [2.05, 4.69) is 9.97 Å². The van der Waals surface area contributed by atoms with E-state index in [0.29, 0.717) is 23.2 Å². The number of carbonyl (C=O) groups is 1. The molecule has 0 spiro atoms. The number of nitrogen functional groups attached to an aromatic ring is 1. The molecule has 0 aliphatic carbocycles. The molecule has 7 nitrogen and oxygen atoms in total. The van der Waals surface area contributed by atoms with E-state index in [1.54, 1.807) is 24.0 Å². The minimum absolute atomic E-state index is 0.0397. The highest BCUT2D eigenvalue weighted by Crippen LogP contribution is 2.37. The monoisotopic (exact) mass is 475 g/mol. The number of carbonyl (C=O) groups excluding carboxylic acids is 1.